The Balaban J connectivity index is 1.68. The lowest BCUT2D eigenvalue weighted by atomic mass is 10.2. The summed E-state index contributed by atoms with van der Waals surface area (Å²) in [6.07, 6.45) is 5.55. The third kappa shape index (κ3) is 3.69. The van der Waals surface area contributed by atoms with Gasteiger partial charge in [-0.2, -0.15) is 0 Å². The van der Waals surface area contributed by atoms with E-state index < -0.39 is 0 Å². The second kappa shape index (κ2) is 7.44. The number of aromatic nitrogens is 2. The first-order valence-corrected chi connectivity index (χ1v) is 8.22. The molecule has 1 aromatic carbocycles. The Bertz CT molecular complexity index is 852. The Hall–Kier alpha value is -2.73. The minimum absolute atomic E-state index is 0.0284. The number of rotatable bonds is 7. The number of nitrogens with one attached hydrogen (secondary N) is 1. The Labute approximate surface area is 147 Å². The van der Waals surface area contributed by atoms with Crippen LogP contribution in [0.1, 0.15) is 11.7 Å². The maximum Gasteiger partial charge on any atom is 0.244 e. The predicted octanol–water partition coefficient (Wildman–Crippen LogP) is 2.78. The summed E-state index contributed by atoms with van der Waals surface area (Å²) < 4.78 is 14.5. The zero-order valence-electron chi connectivity index (χ0n) is 14.7. The van der Waals surface area contributed by atoms with Crippen LogP contribution in [-0.4, -0.2) is 41.8 Å². The van der Waals surface area contributed by atoms with E-state index in [0.29, 0.717) is 12.3 Å². The molecule has 0 bridgehead atoms. The molecule has 0 fully saturated rings. The van der Waals surface area contributed by atoms with E-state index in [1.54, 1.807) is 31.2 Å². The van der Waals surface area contributed by atoms with Crippen molar-refractivity contribution in [2.75, 3.05) is 20.8 Å². The van der Waals surface area contributed by atoms with E-state index >= 15 is 0 Å². The minimum Gasteiger partial charge on any atom is -0.493 e. The molecule has 0 aliphatic rings. The van der Waals surface area contributed by atoms with Gasteiger partial charge < -0.3 is 19.4 Å². The van der Waals surface area contributed by atoms with Gasteiger partial charge in [-0.1, -0.05) is 0 Å². The fourth-order valence-electron chi connectivity index (χ4n) is 2.89. The lowest BCUT2D eigenvalue weighted by molar-refractivity contribution is 0.0908. The molecule has 25 heavy (non-hydrogen) atoms. The average Bonchev–Trinajstić information content (AvgIpc) is 3.28. The van der Waals surface area contributed by atoms with Crippen LogP contribution in [0.15, 0.2) is 48.9 Å². The summed E-state index contributed by atoms with van der Waals surface area (Å²) in [6, 6.07) is 9.83. The molecule has 0 spiro atoms. The van der Waals surface area contributed by atoms with Crippen molar-refractivity contribution in [1.82, 2.24) is 14.5 Å². The highest BCUT2D eigenvalue weighted by Gasteiger charge is 2.12. The molecule has 1 atom stereocenters. The standard InChI is InChI=1S/C19H23N3O3/c1-14(20-12-19(23)21-7-4-5-8-21)13-22-9-6-15-10-17(24-2)18(25-3)11-16(15)22/h4-11,14,20H,12-13H2,1-3H3/t14-/m0/s1. The first-order valence-electron chi connectivity index (χ1n) is 8.22. The highest BCUT2D eigenvalue weighted by molar-refractivity contribution is 5.84. The molecule has 0 unspecified atom stereocenters. The second-order valence-corrected chi connectivity index (χ2v) is 6.00. The first-order chi connectivity index (χ1) is 12.1. The maximum atomic E-state index is 12.0. The van der Waals surface area contributed by atoms with Crippen molar-refractivity contribution in [2.45, 2.75) is 19.5 Å². The third-order valence-electron chi connectivity index (χ3n) is 4.24. The number of methoxy groups -OCH3 is 2. The van der Waals surface area contributed by atoms with Crippen LogP contribution in [0.2, 0.25) is 0 Å². The Morgan fingerprint density at radius 2 is 1.80 bits per heavy atom. The van der Waals surface area contributed by atoms with E-state index in [9.17, 15) is 4.79 Å². The molecular formula is C19H23N3O3. The fourth-order valence-corrected chi connectivity index (χ4v) is 2.89. The molecule has 3 rings (SSSR count). The highest BCUT2D eigenvalue weighted by atomic mass is 16.5. The topological polar surface area (TPSA) is 57.4 Å². The molecule has 2 aromatic heterocycles. The maximum absolute atomic E-state index is 12.0. The summed E-state index contributed by atoms with van der Waals surface area (Å²) in [7, 11) is 3.27. The number of benzene rings is 1. The number of carbonyl (C=O) groups excluding carboxylic acids is 1. The Kier molecular flexibility index (Phi) is 5.09. The van der Waals surface area contributed by atoms with Crippen molar-refractivity contribution in [2.24, 2.45) is 0 Å². The van der Waals surface area contributed by atoms with Crippen LogP contribution in [0, 0.1) is 0 Å². The molecule has 6 heteroatoms. The van der Waals surface area contributed by atoms with Crippen LogP contribution in [0.4, 0.5) is 0 Å². The van der Waals surface area contributed by atoms with E-state index in [1.807, 2.05) is 30.5 Å². The van der Waals surface area contributed by atoms with Crippen LogP contribution in [0.25, 0.3) is 10.9 Å². The number of nitrogens with zero attached hydrogens (tertiary/aromatic N) is 2. The summed E-state index contributed by atoms with van der Waals surface area (Å²) in [5.41, 5.74) is 1.07. The third-order valence-corrected chi connectivity index (χ3v) is 4.24. The van der Waals surface area contributed by atoms with Crippen molar-refractivity contribution >= 4 is 16.8 Å². The van der Waals surface area contributed by atoms with Crippen molar-refractivity contribution in [1.29, 1.82) is 0 Å². The molecule has 0 saturated carbocycles. The first kappa shape index (κ1) is 17.1. The smallest absolute Gasteiger partial charge is 0.244 e. The largest absolute Gasteiger partial charge is 0.493 e. The molecule has 3 aromatic rings. The lowest BCUT2D eigenvalue weighted by Crippen LogP contribution is -2.36. The molecule has 0 aliphatic carbocycles. The van der Waals surface area contributed by atoms with Gasteiger partial charge in [0.2, 0.25) is 5.91 Å². The zero-order chi connectivity index (χ0) is 17.8. The molecule has 0 aliphatic heterocycles. The van der Waals surface area contributed by atoms with Crippen molar-refractivity contribution in [3.63, 3.8) is 0 Å². The molecule has 0 saturated heterocycles. The van der Waals surface area contributed by atoms with E-state index in [-0.39, 0.29) is 11.9 Å². The number of carbonyl (C=O) groups is 1. The number of hydrogen-bond donors (Lipinski definition) is 1. The van der Waals surface area contributed by atoms with Crippen LogP contribution in [-0.2, 0) is 6.54 Å². The fraction of sp³-hybridized carbons (Fsp3) is 0.316. The molecule has 0 amide bonds. The van der Waals surface area contributed by atoms with Crippen LogP contribution < -0.4 is 14.8 Å². The quantitative estimate of drug-likeness (QED) is 0.718. The molecule has 1 N–H and O–H groups in total. The molecular weight excluding hydrogens is 318 g/mol. The Morgan fingerprint density at radius 3 is 2.48 bits per heavy atom. The van der Waals surface area contributed by atoms with Gasteiger partial charge in [0.25, 0.3) is 0 Å². The zero-order valence-corrected chi connectivity index (χ0v) is 14.7. The van der Waals surface area contributed by atoms with Gasteiger partial charge in [-0.25, -0.2) is 0 Å². The number of fused-ring (bicyclic) bond motifs is 1. The molecule has 6 nitrogen and oxygen atoms in total. The lowest BCUT2D eigenvalue weighted by Gasteiger charge is -2.16. The number of hydrogen-bond acceptors (Lipinski definition) is 4. The normalized spacial score (nSPS) is 12.3. The van der Waals surface area contributed by atoms with Crippen LogP contribution in [0.3, 0.4) is 0 Å². The monoisotopic (exact) mass is 341 g/mol. The van der Waals surface area contributed by atoms with Gasteiger partial charge >= 0.3 is 0 Å². The SMILES string of the molecule is COc1cc2ccn(C[C@H](C)NCC(=O)n3cccc3)c2cc1OC. The Morgan fingerprint density at radius 1 is 1.12 bits per heavy atom. The van der Waals surface area contributed by atoms with Gasteiger partial charge in [-0.05, 0) is 31.2 Å². The minimum atomic E-state index is 0.0284. The van der Waals surface area contributed by atoms with Gasteiger partial charge in [0.15, 0.2) is 11.5 Å². The van der Waals surface area contributed by atoms with E-state index in [0.717, 1.165) is 23.2 Å². The summed E-state index contributed by atoms with van der Waals surface area (Å²) >= 11 is 0. The van der Waals surface area contributed by atoms with Gasteiger partial charge in [-0.3, -0.25) is 9.36 Å². The van der Waals surface area contributed by atoms with Gasteiger partial charge in [0.1, 0.15) is 0 Å². The van der Waals surface area contributed by atoms with Crippen molar-refractivity contribution < 1.29 is 14.3 Å². The number of ether oxygens (including phenoxy) is 2. The van der Waals surface area contributed by atoms with Crippen molar-refractivity contribution in [3.05, 3.63) is 48.9 Å². The van der Waals surface area contributed by atoms with E-state index in [2.05, 4.69) is 22.9 Å². The molecule has 2 heterocycles. The van der Waals surface area contributed by atoms with E-state index in [4.69, 9.17) is 9.47 Å². The van der Waals surface area contributed by atoms with E-state index in [1.165, 1.54) is 0 Å². The second-order valence-electron chi connectivity index (χ2n) is 6.00. The van der Waals surface area contributed by atoms with Crippen molar-refractivity contribution in [3.8, 4) is 11.5 Å². The summed E-state index contributed by atoms with van der Waals surface area (Å²) in [4.78, 5) is 12.0. The van der Waals surface area contributed by atoms with Gasteiger partial charge in [0.05, 0.1) is 26.3 Å². The van der Waals surface area contributed by atoms with Crippen LogP contribution >= 0.6 is 0 Å². The molecule has 132 valence electrons. The highest BCUT2D eigenvalue weighted by Crippen LogP contribution is 2.32. The van der Waals surface area contributed by atoms with Crippen LogP contribution in [0.5, 0.6) is 11.5 Å². The summed E-state index contributed by atoms with van der Waals surface area (Å²) in [6.45, 7) is 3.11. The predicted molar refractivity (Wildman–Crippen MR) is 97.6 cm³/mol. The summed E-state index contributed by atoms with van der Waals surface area (Å²) in [5.74, 6) is 1.45. The van der Waals surface area contributed by atoms with Gasteiger partial charge in [0, 0.05) is 42.6 Å². The summed E-state index contributed by atoms with van der Waals surface area (Å²) in [5, 5.41) is 4.37. The van der Waals surface area contributed by atoms with Gasteiger partial charge in [-0.15, -0.1) is 0 Å². The average molecular weight is 341 g/mol. The molecule has 0 radical (unpaired) electrons.